The van der Waals surface area contributed by atoms with E-state index in [0.717, 1.165) is 6.42 Å². The Hall–Kier alpha value is -3.29. The average Bonchev–Trinajstić information content (AvgIpc) is 3.33. The van der Waals surface area contributed by atoms with Crippen LogP contribution in [0.3, 0.4) is 0 Å². The zero-order valence-electron chi connectivity index (χ0n) is 14.3. The maximum atomic E-state index is 12.7. The first kappa shape index (κ1) is 17.5. The molecule has 3 rings (SSSR count). The van der Waals surface area contributed by atoms with Gasteiger partial charge < -0.3 is 25.3 Å². The van der Waals surface area contributed by atoms with E-state index >= 15 is 0 Å². The molecule has 3 N–H and O–H groups in total. The van der Waals surface area contributed by atoms with Gasteiger partial charge in [0, 0.05) is 25.0 Å². The largest absolute Gasteiger partial charge is 0.459 e. The Bertz CT molecular complexity index is 803. The van der Waals surface area contributed by atoms with Gasteiger partial charge in [-0.15, -0.1) is 0 Å². The molecule has 0 radical (unpaired) electrons. The van der Waals surface area contributed by atoms with Gasteiger partial charge in [-0.25, -0.2) is 4.79 Å². The molecule has 0 saturated carbocycles. The van der Waals surface area contributed by atoms with Crippen molar-refractivity contribution < 1.29 is 18.8 Å². The Morgan fingerprint density at radius 2 is 1.88 bits per heavy atom. The highest BCUT2D eigenvalue weighted by atomic mass is 16.3. The van der Waals surface area contributed by atoms with Crippen molar-refractivity contribution in [1.29, 1.82) is 0 Å². The van der Waals surface area contributed by atoms with Gasteiger partial charge in [-0.2, -0.15) is 0 Å². The van der Waals surface area contributed by atoms with Gasteiger partial charge in [-0.3, -0.25) is 9.59 Å². The number of nitrogens with zero attached hydrogens (tertiary/aromatic N) is 1. The third-order valence-electron chi connectivity index (χ3n) is 4.16. The molecule has 4 amide bonds. The summed E-state index contributed by atoms with van der Waals surface area (Å²) in [5.74, 6) is -0.330. The first-order valence-electron chi connectivity index (χ1n) is 8.32. The SMILES string of the molecule is CNC(=O)Nc1cccc(NC(=O)C2CCCN2C(=O)c2ccco2)c1. The van der Waals surface area contributed by atoms with Crippen molar-refractivity contribution in [2.45, 2.75) is 18.9 Å². The summed E-state index contributed by atoms with van der Waals surface area (Å²) in [6.45, 7) is 0.510. The van der Waals surface area contributed by atoms with Gasteiger partial charge in [0.1, 0.15) is 6.04 Å². The molecular weight excluding hydrogens is 336 g/mol. The predicted molar refractivity (Wildman–Crippen MR) is 95.9 cm³/mol. The zero-order chi connectivity index (χ0) is 18.5. The topological polar surface area (TPSA) is 104 Å². The molecule has 0 spiro atoms. The van der Waals surface area contributed by atoms with Crippen LogP contribution in [0, 0.1) is 0 Å². The molecule has 1 unspecified atom stereocenters. The van der Waals surface area contributed by atoms with Crippen molar-refractivity contribution in [1.82, 2.24) is 10.2 Å². The van der Waals surface area contributed by atoms with E-state index in [0.29, 0.717) is 24.3 Å². The number of benzene rings is 1. The lowest BCUT2D eigenvalue weighted by Crippen LogP contribution is -2.43. The fourth-order valence-corrected chi connectivity index (χ4v) is 2.92. The monoisotopic (exact) mass is 356 g/mol. The first-order chi connectivity index (χ1) is 12.6. The molecular formula is C18H20N4O4. The van der Waals surface area contributed by atoms with E-state index < -0.39 is 6.04 Å². The molecule has 1 atom stereocenters. The van der Waals surface area contributed by atoms with E-state index in [2.05, 4.69) is 16.0 Å². The van der Waals surface area contributed by atoms with Crippen LogP contribution in [0.5, 0.6) is 0 Å². The van der Waals surface area contributed by atoms with Crippen LogP contribution in [0.25, 0.3) is 0 Å². The van der Waals surface area contributed by atoms with E-state index in [1.165, 1.54) is 18.2 Å². The molecule has 1 aromatic heterocycles. The summed E-state index contributed by atoms with van der Waals surface area (Å²) >= 11 is 0. The molecule has 2 aromatic rings. The molecule has 1 fully saturated rings. The van der Waals surface area contributed by atoms with Crippen LogP contribution in [-0.4, -0.2) is 42.4 Å². The Balaban J connectivity index is 1.68. The molecule has 136 valence electrons. The molecule has 1 saturated heterocycles. The van der Waals surface area contributed by atoms with Gasteiger partial charge in [-0.1, -0.05) is 6.07 Å². The number of nitrogens with one attached hydrogen (secondary N) is 3. The molecule has 2 heterocycles. The number of carbonyl (C=O) groups is 3. The molecule has 8 heteroatoms. The average molecular weight is 356 g/mol. The number of likely N-dealkylation sites (tertiary alicyclic amines) is 1. The van der Waals surface area contributed by atoms with Crippen molar-refractivity contribution in [2.24, 2.45) is 0 Å². The number of carbonyl (C=O) groups excluding carboxylic acids is 3. The van der Waals surface area contributed by atoms with Gasteiger partial charge in [0.2, 0.25) is 5.91 Å². The fraction of sp³-hybridized carbons (Fsp3) is 0.278. The Morgan fingerprint density at radius 1 is 1.12 bits per heavy atom. The second kappa shape index (κ2) is 7.73. The van der Waals surface area contributed by atoms with E-state index in [1.807, 2.05) is 0 Å². The molecule has 8 nitrogen and oxygen atoms in total. The van der Waals surface area contributed by atoms with Crippen molar-refractivity contribution in [2.75, 3.05) is 24.2 Å². The molecule has 1 aliphatic rings. The number of hydrogen-bond acceptors (Lipinski definition) is 4. The minimum Gasteiger partial charge on any atom is -0.459 e. The summed E-state index contributed by atoms with van der Waals surface area (Å²) in [7, 11) is 1.52. The summed E-state index contributed by atoms with van der Waals surface area (Å²) < 4.78 is 5.15. The van der Waals surface area contributed by atoms with Crippen LogP contribution in [0.4, 0.5) is 16.2 Å². The highest BCUT2D eigenvalue weighted by Crippen LogP contribution is 2.23. The van der Waals surface area contributed by atoms with E-state index in [9.17, 15) is 14.4 Å². The van der Waals surface area contributed by atoms with Crippen LogP contribution in [0.2, 0.25) is 0 Å². The van der Waals surface area contributed by atoms with Crippen molar-refractivity contribution >= 4 is 29.2 Å². The van der Waals surface area contributed by atoms with Gasteiger partial charge >= 0.3 is 6.03 Å². The predicted octanol–water partition coefficient (Wildman–Crippen LogP) is 2.27. The lowest BCUT2D eigenvalue weighted by molar-refractivity contribution is -0.119. The van der Waals surface area contributed by atoms with Crippen LogP contribution >= 0.6 is 0 Å². The third kappa shape index (κ3) is 3.85. The van der Waals surface area contributed by atoms with Crippen LogP contribution in [-0.2, 0) is 4.79 Å². The summed E-state index contributed by atoms with van der Waals surface area (Å²) in [5.41, 5.74) is 1.10. The van der Waals surface area contributed by atoms with E-state index in [4.69, 9.17) is 4.42 Å². The fourth-order valence-electron chi connectivity index (χ4n) is 2.92. The Morgan fingerprint density at radius 3 is 2.58 bits per heavy atom. The molecule has 0 bridgehead atoms. The first-order valence-corrected chi connectivity index (χ1v) is 8.32. The van der Waals surface area contributed by atoms with E-state index in [-0.39, 0.29) is 23.6 Å². The number of urea groups is 1. The lowest BCUT2D eigenvalue weighted by atomic mass is 10.2. The molecule has 0 aliphatic carbocycles. The third-order valence-corrected chi connectivity index (χ3v) is 4.16. The number of rotatable bonds is 4. The number of amides is 4. The number of furan rings is 1. The maximum absolute atomic E-state index is 12.7. The van der Waals surface area contributed by atoms with E-state index in [1.54, 1.807) is 36.4 Å². The quantitative estimate of drug-likeness (QED) is 0.782. The molecule has 26 heavy (non-hydrogen) atoms. The smallest absolute Gasteiger partial charge is 0.318 e. The summed E-state index contributed by atoms with van der Waals surface area (Å²) in [5, 5.41) is 7.91. The highest BCUT2D eigenvalue weighted by Gasteiger charge is 2.35. The Kier molecular flexibility index (Phi) is 5.21. The van der Waals surface area contributed by atoms with Gasteiger partial charge in [0.25, 0.3) is 5.91 Å². The number of anilines is 2. The second-order valence-electron chi connectivity index (χ2n) is 5.91. The standard InChI is InChI=1S/C18H20N4O4/c1-19-18(25)21-13-6-2-5-12(11-13)20-16(23)14-7-3-9-22(14)17(24)15-8-4-10-26-15/h2,4-6,8,10-11,14H,3,7,9H2,1H3,(H,20,23)(H2,19,21,25). The van der Waals surface area contributed by atoms with Gasteiger partial charge in [0.05, 0.1) is 6.26 Å². The van der Waals surface area contributed by atoms with Crippen LogP contribution in [0.1, 0.15) is 23.4 Å². The Labute approximate surface area is 150 Å². The normalized spacial score (nSPS) is 16.2. The summed E-state index contributed by atoms with van der Waals surface area (Å²) in [6.07, 6.45) is 2.78. The minimum absolute atomic E-state index is 0.224. The summed E-state index contributed by atoms with van der Waals surface area (Å²) in [6, 6.07) is 9.14. The summed E-state index contributed by atoms with van der Waals surface area (Å²) in [4.78, 5) is 38.1. The van der Waals surface area contributed by atoms with Crippen molar-refractivity contribution in [3.8, 4) is 0 Å². The van der Waals surface area contributed by atoms with Crippen molar-refractivity contribution in [3.63, 3.8) is 0 Å². The van der Waals surface area contributed by atoms with Gasteiger partial charge in [0.15, 0.2) is 5.76 Å². The second-order valence-corrected chi connectivity index (χ2v) is 5.91. The lowest BCUT2D eigenvalue weighted by Gasteiger charge is -2.23. The molecule has 1 aromatic carbocycles. The van der Waals surface area contributed by atoms with Crippen molar-refractivity contribution in [3.05, 3.63) is 48.4 Å². The van der Waals surface area contributed by atoms with Gasteiger partial charge in [-0.05, 0) is 43.2 Å². The van der Waals surface area contributed by atoms with Crippen LogP contribution < -0.4 is 16.0 Å². The number of hydrogen-bond donors (Lipinski definition) is 3. The highest BCUT2D eigenvalue weighted by molar-refractivity contribution is 6.01. The maximum Gasteiger partial charge on any atom is 0.318 e. The minimum atomic E-state index is -0.553. The molecule has 1 aliphatic heterocycles. The van der Waals surface area contributed by atoms with Crippen LogP contribution in [0.15, 0.2) is 47.1 Å². The zero-order valence-corrected chi connectivity index (χ0v) is 14.3.